The van der Waals surface area contributed by atoms with Gasteiger partial charge in [0, 0.05) is 32.9 Å². The molecule has 0 aliphatic heterocycles. The molecule has 0 spiro atoms. The van der Waals surface area contributed by atoms with Crippen LogP contribution in [0.15, 0.2) is 11.4 Å². The first-order valence-corrected chi connectivity index (χ1v) is 5.51. The van der Waals surface area contributed by atoms with Gasteiger partial charge in [-0.2, -0.15) is 5.10 Å². The first-order valence-electron chi connectivity index (χ1n) is 5.51. The Bertz CT molecular complexity index is 531. The first-order chi connectivity index (χ1) is 8.88. The average molecular weight is 267 g/mol. The Morgan fingerprint density at radius 3 is 2.68 bits per heavy atom. The van der Waals surface area contributed by atoms with Crippen molar-refractivity contribution in [2.75, 3.05) is 21.2 Å². The quantitative estimate of drug-likeness (QED) is 0.454. The summed E-state index contributed by atoms with van der Waals surface area (Å²) in [6, 6.07) is 0. The summed E-state index contributed by atoms with van der Waals surface area (Å²) in [4.78, 5) is 17.1. The summed E-state index contributed by atoms with van der Waals surface area (Å²) in [6.07, 6.45) is 3.13. The predicted molar refractivity (Wildman–Crippen MR) is 71.8 cm³/mol. The molecule has 0 saturated carbocycles. The van der Waals surface area contributed by atoms with Crippen molar-refractivity contribution in [1.82, 2.24) is 14.7 Å². The molecule has 8 nitrogen and oxygen atoms in total. The number of hydrogen-bond acceptors (Lipinski definition) is 6. The van der Waals surface area contributed by atoms with Crippen molar-refractivity contribution in [3.05, 3.63) is 27.7 Å². The summed E-state index contributed by atoms with van der Waals surface area (Å²) < 4.78 is 1.46. The Labute approximate surface area is 111 Å². The fourth-order valence-electron chi connectivity index (χ4n) is 1.73. The Morgan fingerprint density at radius 1 is 1.58 bits per heavy atom. The molecule has 1 heterocycles. The number of allylic oxidation sites excluding steroid dienone is 1. The molecule has 104 valence electrons. The molecule has 1 rings (SSSR count). The molecule has 19 heavy (non-hydrogen) atoms. The molecule has 0 amide bonds. The van der Waals surface area contributed by atoms with Crippen LogP contribution in [0.3, 0.4) is 0 Å². The van der Waals surface area contributed by atoms with Gasteiger partial charge >= 0.3 is 5.69 Å². The average Bonchev–Trinajstić information content (AvgIpc) is 2.59. The van der Waals surface area contributed by atoms with E-state index in [4.69, 9.17) is 0 Å². The second-order valence-corrected chi connectivity index (χ2v) is 4.13. The summed E-state index contributed by atoms with van der Waals surface area (Å²) in [6.45, 7) is 1.60. The normalized spacial score (nSPS) is 11.9. The number of aryl methyl sites for hydroxylation is 2. The van der Waals surface area contributed by atoms with Gasteiger partial charge in [-0.05, 0) is 6.92 Å². The van der Waals surface area contributed by atoms with Crippen molar-refractivity contribution in [3.63, 3.8) is 0 Å². The molecule has 0 saturated heterocycles. The minimum absolute atomic E-state index is 0.0295. The zero-order chi connectivity index (χ0) is 14.6. The molecule has 0 atom stereocenters. The van der Waals surface area contributed by atoms with Crippen LogP contribution < -0.4 is 0 Å². The Hall–Kier alpha value is -2.38. The highest BCUT2D eigenvalue weighted by Crippen LogP contribution is 2.28. The van der Waals surface area contributed by atoms with Crippen molar-refractivity contribution < 1.29 is 9.76 Å². The summed E-state index contributed by atoms with van der Waals surface area (Å²) in [5, 5.41) is 18.9. The van der Waals surface area contributed by atoms with Crippen LogP contribution in [-0.4, -0.2) is 47.0 Å². The van der Waals surface area contributed by atoms with Crippen molar-refractivity contribution in [3.8, 4) is 0 Å². The van der Waals surface area contributed by atoms with Gasteiger partial charge < -0.3 is 9.74 Å². The maximum Gasteiger partial charge on any atom is 0.317 e. The van der Waals surface area contributed by atoms with Crippen molar-refractivity contribution in [2.24, 2.45) is 12.2 Å². The largest absolute Gasteiger partial charge is 0.399 e. The second-order valence-electron chi connectivity index (χ2n) is 4.13. The zero-order valence-electron chi connectivity index (χ0n) is 11.6. The third kappa shape index (κ3) is 3.30. The lowest BCUT2D eigenvalue weighted by atomic mass is 10.1. The topological polar surface area (TPSA) is 85.8 Å². The maximum absolute atomic E-state index is 11.2. The highest BCUT2D eigenvalue weighted by Gasteiger charge is 2.26. The number of rotatable bonds is 5. The van der Waals surface area contributed by atoms with Crippen LogP contribution in [0.2, 0.25) is 0 Å². The lowest BCUT2D eigenvalue weighted by Crippen LogP contribution is -2.07. The predicted octanol–water partition coefficient (Wildman–Crippen LogP) is 1.17. The van der Waals surface area contributed by atoms with Gasteiger partial charge in [0.2, 0.25) is 0 Å². The standard InChI is InChI=1S/C11H17N5O3/c1-8-10(16(17)18)11(15(4)13-8)9(6-12-19-5)7-14(2)3/h6-7H,1-5H3. The van der Waals surface area contributed by atoms with Gasteiger partial charge in [-0.3, -0.25) is 14.8 Å². The fraction of sp³-hybridized carbons (Fsp3) is 0.455. The van der Waals surface area contributed by atoms with Crippen molar-refractivity contribution >= 4 is 17.5 Å². The van der Waals surface area contributed by atoms with Gasteiger partial charge in [0.05, 0.1) is 11.1 Å². The van der Waals surface area contributed by atoms with Crippen LogP contribution in [0.4, 0.5) is 5.69 Å². The molecular formula is C11H17N5O3. The number of oxime groups is 1. The van der Waals surface area contributed by atoms with E-state index in [1.54, 1.807) is 25.1 Å². The lowest BCUT2D eigenvalue weighted by molar-refractivity contribution is -0.385. The van der Waals surface area contributed by atoms with Gasteiger partial charge in [-0.1, -0.05) is 5.16 Å². The van der Waals surface area contributed by atoms with E-state index in [1.807, 2.05) is 14.1 Å². The third-order valence-corrected chi connectivity index (χ3v) is 2.34. The van der Waals surface area contributed by atoms with E-state index in [0.29, 0.717) is 17.0 Å². The molecule has 1 aromatic rings. The lowest BCUT2D eigenvalue weighted by Gasteiger charge is -2.08. The minimum atomic E-state index is -0.443. The Kier molecular flexibility index (Phi) is 4.62. The zero-order valence-corrected chi connectivity index (χ0v) is 11.6. The van der Waals surface area contributed by atoms with Crippen LogP contribution in [-0.2, 0) is 11.9 Å². The molecule has 1 aromatic heterocycles. The van der Waals surface area contributed by atoms with Crippen LogP contribution in [0.25, 0.3) is 5.57 Å². The highest BCUT2D eigenvalue weighted by atomic mass is 16.6. The van der Waals surface area contributed by atoms with E-state index in [9.17, 15) is 10.1 Å². The molecule has 0 aromatic carbocycles. The fourth-order valence-corrected chi connectivity index (χ4v) is 1.73. The molecule has 8 heteroatoms. The molecule has 0 unspecified atom stereocenters. The van der Waals surface area contributed by atoms with Gasteiger partial charge in [0.15, 0.2) is 0 Å². The second kappa shape index (κ2) is 5.98. The highest BCUT2D eigenvalue weighted by molar-refractivity contribution is 6.10. The van der Waals surface area contributed by atoms with E-state index in [-0.39, 0.29) is 5.69 Å². The summed E-state index contributed by atoms with van der Waals surface area (Å²) in [7, 11) is 6.69. The molecule has 0 N–H and O–H groups in total. The van der Waals surface area contributed by atoms with E-state index >= 15 is 0 Å². The van der Waals surface area contributed by atoms with E-state index < -0.39 is 4.92 Å². The summed E-state index contributed by atoms with van der Waals surface area (Å²) in [5.74, 6) is 0. The van der Waals surface area contributed by atoms with Crippen molar-refractivity contribution in [1.29, 1.82) is 0 Å². The van der Waals surface area contributed by atoms with E-state index in [1.165, 1.54) is 18.0 Å². The van der Waals surface area contributed by atoms with Gasteiger partial charge in [0.1, 0.15) is 18.5 Å². The first kappa shape index (κ1) is 14.7. The molecule has 0 radical (unpaired) electrons. The van der Waals surface area contributed by atoms with Crippen LogP contribution in [0.1, 0.15) is 11.4 Å². The molecule has 0 aliphatic rings. The third-order valence-electron chi connectivity index (χ3n) is 2.34. The molecular weight excluding hydrogens is 250 g/mol. The molecule has 0 bridgehead atoms. The van der Waals surface area contributed by atoms with Crippen molar-refractivity contribution in [2.45, 2.75) is 6.92 Å². The molecule has 0 fully saturated rings. The Morgan fingerprint density at radius 2 is 2.21 bits per heavy atom. The van der Waals surface area contributed by atoms with Crippen LogP contribution in [0.5, 0.6) is 0 Å². The number of nitrogens with zero attached hydrogens (tertiary/aromatic N) is 5. The number of aromatic nitrogens is 2. The Balaban J connectivity index is 3.46. The smallest absolute Gasteiger partial charge is 0.317 e. The number of hydrogen-bond donors (Lipinski definition) is 0. The monoisotopic (exact) mass is 267 g/mol. The van der Waals surface area contributed by atoms with E-state index in [2.05, 4.69) is 15.1 Å². The van der Waals surface area contributed by atoms with Crippen LogP contribution >= 0.6 is 0 Å². The molecule has 0 aliphatic carbocycles. The summed E-state index contributed by atoms with van der Waals surface area (Å²) >= 11 is 0. The maximum atomic E-state index is 11.2. The SMILES string of the molecule is CON=CC(=CN(C)C)c1c([N+](=O)[O-])c(C)nn1C. The van der Waals surface area contributed by atoms with Gasteiger partial charge in [-0.15, -0.1) is 0 Å². The number of nitro groups is 1. The summed E-state index contributed by atoms with van der Waals surface area (Å²) in [5.41, 5.74) is 1.26. The minimum Gasteiger partial charge on any atom is -0.399 e. The van der Waals surface area contributed by atoms with Crippen LogP contribution in [0, 0.1) is 17.0 Å². The van der Waals surface area contributed by atoms with E-state index in [0.717, 1.165) is 0 Å². The van der Waals surface area contributed by atoms with Gasteiger partial charge in [-0.25, -0.2) is 0 Å². The van der Waals surface area contributed by atoms with Gasteiger partial charge in [0.25, 0.3) is 0 Å².